The molecule has 2 atom stereocenters. The summed E-state index contributed by atoms with van der Waals surface area (Å²) in [5, 5.41) is 13.8. The quantitative estimate of drug-likeness (QED) is 0.347. The zero-order valence-electron chi connectivity index (χ0n) is 24.9. The van der Waals surface area contributed by atoms with Gasteiger partial charge in [0.05, 0.1) is 40.7 Å². The van der Waals surface area contributed by atoms with Gasteiger partial charge in [0.25, 0.3) is 5.56 Å². The van der Waals surface area contributed by atoms with E-state index in [1.54, 1.807) is 17.6 Å². The highest BCUT2D eigenvalue weighted by Gasteiger charge is 2.45. The van der Waals surface area contributed by atoms with Gasteiger partial charge in [-0.25, -0.2) is 14.6 Å². The van der Waals surface area contributed by atoms with Gasteiger partial charge in [0.2, 0.25) is 0 Å². The number of aliphatic hydroxyl groups is 1. The smallest absolute Gasteiger partial charge is 0.357 e. The van der Waals surface area contributed by atoms with Crippen LogP contribution >= 0.6 is 0 Å². The number of fused-ring (bicyclic) bond motifs is 5. The van der Waals surface area contributed by atoms with Gasteiger partial charge in [0, 0.05) is 23.1 Å². The van der Waals surface area contributed by atoms with Gasteiger partial charge in [-0.3, -0.25) is 9.69 Å². The summed E-state index contributed by atoms with van der Waals surface area (Å²) in [5.74, 6) is -1.14. The number of rotatable bonds is 5. The zero-order chi connectivity index (χ0) is 29.9. The molecule has 1 unspecified atom stereocenters. The maximum absolute atomic E-state index is 13.8. The Balaban J connectivity index is 1.28. The number of esters is 1. The molecule has 0 radical (unpaired) electrons. The van der Waals surface area contributed by atoms with Crippen molar-refractivity contribution < 1.29 is 24.3 Å². The predicted molar refractivity (Wildman–Crippen MR) is 159 cm³/mol. The van der Waals surface area contributed by atoms with Crippen LogP contribution in [0.2, 0.25) is 0 Å². The summed E-state index contributed by atoms with van der Waals surface area (Å²) >= 11 is 0. The Morgan fingerprint density at radius 3 is 2.65 bits per heavy atom. The highest BCUT2D eigenvalue weighted by Crippen LogP contribution is 2.39. The summed E-state index contributed by atoms with van der Waals surface area (Å²) < 4.78 is 6.81. The number of hydrogen-bond donors (Lipinski definition) is 1. The maximum atomic E-state index is 13.8. The maximum Gasteiger partial charge on any atom is 0.357 e. The number of piperidine rings is 2. The minimum Gasteiger partial charge on any atom is -0.458 e. The third-order valence-corrected chi connectivity index (χ3v) is 9.80. The number of aromatic nitrogens is 2. The van der Waals surface area contributed by atoms with Crippen molar-refractivity contribution in [3.63, 3.8) is 0 Å². The van der Waals surface area contributed by atoms with E-state index in [4.69, 9.17) is 14.6 Å². The van der Waals surface area contributed by atoms with E-state index >= 15 is 0 Å². The molecule has 2 aromatic heterocycles. The molecule has 1 aromatic carbocycles. The van der Waals surface area contributed by atoms with Crippen LogP contribution in [0.4, 0.5) is 0 Å². The second-order valence-corrected chi connectivity index (χ2v) is 12.2. The van der Waals surface area contributed by atoms with Crippen molar-refractivity contribution >= 4 is 22.8 Å². The minimum atomic E-state index is -1.88. The van der Waals surface area contributed by atoms with Crippen LogP contribution in [0.25, 0.3) is 22.3 Å². The number of nitrogens with zero attached hydrogens (tertiary/aromatic N) is 4. The Bertz CT molecular complexity index is 1690. The van der Waals surface area contributed by atoms with Crippen LogP contribution in [0.15, 0.2) is 29.1 Å². The van der Waals surface area contributed by atoms with E-state index in [9.17, 15) is 19.5 Å². The zero-order valence-corrected chi connectivity index (χ0v) is 24.9. The van der Waals surface area contributed by atoms with Crippen molar-refractivity contribution in [3.8, 4) is 11.4 Å². The van der Waals surface area contributed by atoms with Crippen LogP contribution < -0.4 is 5.56 Å². The number of aryl methyl sites for hydroxylation is 1. The fourth-order valence-electron chi connectivity index (χ4n) is 7.32. The molecule has 0 amide bonds. The Hall–Kier alpha value is -3.60. The summed E-state index contributed by atoms with van der Waals surface area (Å²) in [7, 11) is 0. The van der Waals surface area contributed by atoms with E-state index in [1.807, 2.05) is 30.2 Å². The van der Waals surface area contributed by atoms with Crippen LogP contribution in [0, 0.1) is 0 Å². The molecule has 2 fully saturated rings. The average Bonchev–Trinajstić information content (AvgIpc) is 3.40. The first-order valence-electron chi connectivity index (χ1n) is 15.7. The van der Waals surface area contributed by atoms with Crippen molar-refractivity contribution in [1.29, 1.82) is 0 Å². The van der Waals surface area contributed by atoms with E-state index < -0.39 is 17.5 Å². The van der Waals surface area contributed by atoms with Crippen molar-refractivity contribution in [2.45, 2.75) is 90.1 Å². The molecule has 226 valence electrons. The van der Waals surface area contributed by atoms with Crippen LogP contribution in [-0.4, -0.2) is 62.4 Å². The summed E-state index contributed by atoms with van der Waals surface area (Å²) in [5.41, 5.74) is 2.46. The number of cyclic esters (lactones) is 1. The molecule has 0 saturated carbocycles. The molecule has 6 heterocycles. The van der Waals surface area contributed by atoms with Gasteiger partial charge in [0.1, 0.15) is 6.61 Å². The monoisotopic (exact) mass is 586 g/mol. The SMILES string of the molecule is CCc1ccc(C(=O)ON2CCCCC2N2CCCCC2)c2cc3c(nc12)-c1cc2c(c(=O)n1C3)COC(=O)[C@]2(O)CC. The van der Waals surface area contributed by atoms with Crippen LogP contribution in [-0.2, 0) is 39.5 Å². The van der Waals surface area contributed by atoms with Crippen LogP contribution in [0.1, 0.15) is 91.4 Å². The number of carbonyl (C=O) groups is 2. The van der Waals surface area contributed by atoms with E-state index in [-0.39, 0.29) is 42.4 Å². The first kappa shape index (κ1) is 28.2. The van der Waals surface area contributed by atoms with E-state index in [0.717, 1.165) is 43.5 Å². The Morgan fingerprint density at radius 1 is 1.09 bits per heavy atom. The minimum absolute atomic E-state index is 0.0841. The van der Waals surface area contributed by atoms with Crippen LogP contribution in [0.5, 0.6) is 0 Å². The first-order valence-corrected chi connectivity index (χ1v) is 15.7. The first-order chi connectivity index (χ1) is 20.8. The Labute approximate surface area is 250 Å². The molecule has 43 heavy (non-hydrogen) atoms. The standard InChI is InChI=1S/C33H38N4O6/c1-3-20-11-12-22(31(39)43-37-15-9-6-10-27(37)35-13-7-5-8-14-35)23-16-21-18-36-26(29(21)34-28(20)23)17-25-24(30(36)38)19-42-32(40)33(25,41)4-2/h11-12,16-17,27,41H,3-10,13-15,18-19H2,1-2H3/t27?,33-/m0/s1. The number of carbonyl (C=O) groups excluding carboxylic acids is 2. The fourth-order valence-corrected chi connectivity index (χ4v) is 7.32. The lowest BCUT2D eigenvalue weighted by atomic mass is 9.86. The van der Waals surface area contributed by atoms with Crippen molar-refractivity contribution in [3.05, 3.63) is 62.4 Å². The van der Waals surface area contributed by atoms with E-state index in [1.165, 1.54) is 19.3 Å². The number of pyridine rings is 2. The predicted octanol–water partition coefficient (Wildman–Crippen LogP) is 4.01. The normalized spacial score (nSPS) is 23.9. The van der Waals surface area contributed by atoms with Gasteiger partial charge < -0.3 is 19.2 Å². The Kier molecular flexibility index (Phi) is 7.10. The lowest BCUT2D eigenvalue weighted by Gasteiger charge is -2.42. The van der Waals surface area contributed by atoms with Crippen LogP contribution in [0.3, 0.4) is 0 Å². The lowest BCUT2D eigenvalue weighted by Crippen LogP contribution is -2.52. The van der Waals surface area contributed by atoms with E-state index in [0.29, 0.717) is 40.8 Å². The lowest BCUT2D eigenvalue weighted by molar-refractivity contribution is -0.191. The molecule has 10 nitrogen and oxygen atoms in total. The van der Waals surface area contributed by atoms with Crippen molar-refractivity contribution in [1.82, 2.24) is 19.5 Å². The van der Waals surface area contributed by atoms with Gasteiger partial charge in [-0.05, 0) is 81.8 Å². The largest absolute Gasteiger partial charge is 0.458 e. The summed E-state index contributed by atoms with van der Waals surface area (Å²) in [6, 6.07) is 7.42. The number of benzene rings is 1. The molecule has 0 spiro atoms. The summed E-state index contributed by atoms with van der Waals surface area (Å²) in [6.45, 7) is 6.60. The van der Waals surface area contributed by atoms with Gasteiger partial charge in [-0.15, -0.1) is 5.06 Å². The highest BCUT2D eigenvalue weighted by atomic mass is 16.7. The molecule has 4 aliphatic heterocycles. The van der Waals surface area contributed by atoms with Crippen molar-refractivity contribution in [2.24, 2.45) is 0 Å². The van der Waals surface area contributed by atoms with Crippen molar-refractivity contribution in [2.75, 3.05) is 19.6 Å². The number of hydroxylamine groups is 2. The van der Waals surface area contributed by atoms with Gasteiger partial charge >= 0.3 is 11.9 Å². The molecule has 0 bridgehead atoms. The second kappa shape index (κ2) is 10.8. The average molecular weight is 587 g/mol. The van der Waals surface area contributed by atoms with Gasteiger partial charge in [-0.2, -0.15) is 0 Å². The highest BCUT2D eigenvalue weighted by molar-refractivity contribution is 6.05. The number of likely N-dealkylation sites (tertiary alicyclic amines) is 1. The molecule has 10 heteroatoms. The molecule has 1 N–H and O–H groups in total. The fraction of sp³-hybridized carbons (Fsp3) is 0.515. The summed E-state index contributed by atoms with van der Waals surface area (Å²) in [4.78, 5) is 53.6. The second-order valence-electron chi connectivity index (χ2n) is 12.2. The summed E-state index contributed by atoms with van der Waals surface area (Å²) in [6.07, 6.45) is 7.59. The molecule has 7 rings (SSSR count). The number of ether oxygens (including phenoxy) is 1. The molecule has 2 saturated heterocycles. The third kappa shape index (κ3) is 4.49. The third-order valence-electron chi connectivity index (χ3n) is 9.80. The topological polar surface area (TPSA) is 114 Å². The molecular weight excluding hydrogens is 548 g/mol. The number of hydrogen-bond acceptors (Lipinski definition) is 9. The molecule has 0 aliphatic carbocycles. The van der Waals surface area contributed by atoms with Gasteiger partial charge in [0.15, 0.2) is 5.60 Å². The molecule has 3 aromatic rings. The Morgan fingerprint density at radius 2 is 1.88 bits per heavy atom. The molecule has 4 aliphatic rings. The van der Waals surface area contributed by atoms with E-state index in [2.05, 4.69) is 4.90 Å². The molecular formula is C33H38N4O6. The van der Waals surface area contributed by atoms with Gasteiger partial charge in [-0.1, -0.05) is 26.3 Å².